The van der Waals surface area contributed by atoms with Crippen LogP contribution in [0.1, 0.15) is 39.5 Å². The lowest BCUT2D eigenvalue weighted by Gasteiger charge is -2.38. The standard InChI is InChI=1S/C13H26N2/c1-11-4-3-5-13(8-11)10-15-7-6-14-9-12(15)2/h11-14H,3-10H2,1-2H3. The molecule has 2 fully saturated rings. The van der Waals surface area contributed by atoms with Gasteiger partial charge in [-0.1, -0.05) is 19.8 Å². The first-order valence-corrected chi connectivity index (χ1v) is 6.70. The molecule has 0 amide bonds. The molecule has 15 heavy (non-hydrogen) atoms. The van der Waals surface area contributed by atoms with Crippen LogP contribution in [0.5, 0.6) is 0 Å². The molecule has 0 aromatic rings. The quantitative estimate of drug-likeness (QED) is 0.751. The van der Waals surface area contributed by atoms with Crippen LogP contribution in [0, 0.1) is 11.8 Å². The van der Waals surface area contributed by atoms with E-state index in [2.05, 4.69) is 24.1 Å². The fourth-order valence-electron chi connectivity index (χ4n) is 3.21. The fourth-order valence-corrected chi connectivity index (χ4v) is 3.21. The van der Waals surface area contributed by atoms with Crippen molar-refractivity contribution < 1.29 is 0 Å². The van der Waals surface area contributed by atoms with Crippen LogP contribution in [-0.4, -0.2) is 37.1 Å². The SMILES string of the molecule is CC1CCCC(CN2CCNCC2C)C1. The van der Waals surface area contributed by atoms with Gasteiger partial charge in [0.1, 0.15) is 0 Å². The summed E-state index contributed by atoms with van der Waals surface area (Å²) in [6.07, 6.45) is 5.87. The van der Waals surface area contributed by atoms with Gasteiger partial charge in [0, 0.05) is 32.2 Å². The van der Waals surface area contributed by atoms with Crippen LogP contribution in [0.15, 0.2) is 0 Å². The Morgan fingerprint density at radius 3 is 2.87 bits per heavy atom. The molecule has 2 heteroatoms. The molecule has 1 N–H and O–H groups in total. The molecule has 0 aromatic heterocycles. The van der Waals surface area contributed by atoms with Crippen molar-refractivity contribution in [2.75, 3.05) is 26.2 Å². The maximum Gasteiger partial charge on any atom is 0.0193 e. The Balaban J connectivity index is 1.79. The second-order valence-corrected chi connectivity index (χ2v) is 5.69. The van der Waals surface area contributed by atoms with E-state index >= 15 is 0 Å². The molecule has 1 aliphatic heterocycles. The molecule has 3 atom stereocenters. The van der Waals surface area contributed by atoms with Crippen molar-refractivity contribution in [3.05, 3.63) is 0 Å². The normalized spacial score (nSPS) is 39.2. The van der Waals surface area contributed by atoms with Gasteiger partial charge >= 0.3 is 0 Å². The number of nitrogens with zero attached hydrogens (tertiary/aromatic N) is 1. The van der Waals surface area contributed by atoms with Crippen molar-refractivity contribution in [2.45, 2.75) is 45.6 Å². The summed E-state index contributed by atoms with van der Waals surface area (Å²) >= 11 is 0. The highest BCUT2D eigenvalue weighted by Gasteiger charge is 2.24. The Kier molecular flexibility index (Phi) is 4.04. The summed E-state index contributed by atoms with van der Waals surface area (Å²) in [5.41, 5.74) is 0. The highest BCUT2D eigenvalue weighted by atomic mass is 15.2. The molecule has 1 aliphatic carbocycles. The first-order valence-electron chi connectivity index (χ1n) is 6.70. The average molecular weight is 210 g/mol. The Labute approximate surface area is 94.4 Å². The third kappa shape index (κ3) is 3.18. The Morgan fingerprint density at radius 2 is 2.13 bits per heavy atom. The molecular weight excluding hydrogens is 184 g/mol. The van der Waals surface area contributed by atoms with E-state index in [0.717, 1.165) is 17.9 Å². The number of piperazine rings is 1. The zero-order chi connectivity index (χ0) is 10.7. The molecule has 2 aliphatic rings. The van der Waals surface area contributed by atoms with E-state index in [1.807, 2.05) is 0 Å². The second kappa shape index (κ2) is 5.31. The van der Waals surface area contributed by atoms with Gasteiger partial charge in [-0.2, -0.15) is 0 Å². The first kappa shape index (κ1) is 11.4. The van der Waals surface area contributed by atoms with E-state index in [9.17, 15) is 0 Å². The van der Waals surface area contributed by atoms with E-state index in [0.29, 0.717) is 0 Å². The molecule has 0 bridgehead atoms. The fraction of sp³-hybridized carbons (Fsp3) is 1.00. The molecule has 0 spiro atoms. The van der Waals surface area contributed by atoms with Gasteiger partial charge in [0.2, 0.25) is 0 Å². The lowest BCUT2D eigenvalue weighted by molar-refractivity contribution is 0.123. The van der Waals surface area contributed by atoms with Crippen LogP contribution in [0.3, 0.4) is 0 Å². The third-order valence-corrected chi connectivity index (χ3v) is 4.18. The summed E-state index contributed by atoms with van der Waals surface area (Å²) in [5, 5.41) is 3.47. The predicted octanol–water partition coefficient (Wildman–Crippen LogP) is 2.11. The van der Waals surface area contributed by atoms with Gasteiger partial charge < -0.3 is 5.32 Å². The zero-order valence-corrected chi connectivity index (χ0v) is 10.3. The van der Waals surface area contributed by atoms with Crippen molar-refractivity contribution in [3.8, 4) is 0 Å². The van der Waals surface area contributed by atoms with Crippen molar-refractivity contribution in [1.29, 1.82) is 0 Å². The Bertz CT molecular complexity index is 193. The van der Waals surface area contributed by atoms with Gasteiger partial charge in [-0.05, 0) is 31.6 Å². The van der Waals surface area contributed by atoms with E-state index in [4.69, 9.17) is 0 Å². The minimum atomic E-state index is 0.746. The highest BCUT2D eigenvalue weighted by Crippen LogP contribution is 2.29. The summed E-state index contributed by atoms with van der Waals surface area (Å²) < 4.78 is 0. The minimum absolute atomic E-state index is 0.746. The van der Waals surface area contributed by atoms with E-state index in [-0.39, 0.29) is 0 Å². The monoisotopic (exact) mass is 210 g/mol. The molecule has 2 rings (SSSR count). The van der Waals surface area contributed by atoms with Crippen LogP contribution in [-0.2, 0) is 0 Å². The molecule has 88 valence electrons. The maximum absolute atomic E-state index is 3.47. The van der Waals surface area contributed by atoms with Crippen molar-refractivity contribution in [2.24, 2.45) is 11.8 Å². The first-order chi connectivity index (χ1) is 7.25. The van der Waals surface area contributed by atoms with Gasteiger partial charge in [0.05, 0.1) is 0 Å². The van der Waals surface area contributed by atoms with Gasteiger partial charge in [-0.25, -0.2) is 0 Å². The molecule has 1 saturated carbocycles. The summed E-state index contributed by atoms with van der Waals surface area (Å²) in [6, 6.07) is 0.746. The molecule has 0 aromatic carbocycles. The van der Waals surface area contributed by atoms with Crippen LogP contribution < -0.4 is 5.32 Å². The van der Waals surface area contributed by atoms with E-state index < -0.39 is 0 Å². The summed E-state index contributed by atoms with van der Waals surface area (Å²) in [4.78, 5) is 2.69. The number of rotatable bonds is 2. The Morgan fingerprint density at radius 1 is 1.27 bits per heavy atom. The number of hydrogen-bond donors (Lipinski definition) is 1. The largest absolute Gasteiger partial charge is 0.314 e. The van der Waals surface area contributed by atoms with E-state index in [1.165, 1.54) is 51.9 Å². The maximum atomic E-state index is 3.47. The molecule has 2 nitrogen and oxygen atoms in total. The lowest BCUT2D eigenvalue weighted by Crippen LogP contribution is -2.51. The predicted molar refractivity (Wildman–Crippen MR) is 65.0 cm³/mol. The Hall–Kier alpha value is -0.0800. The average Bonchev–Trinajstić information content (AvgIpc) is 2.22. The third-order valence-electron chi connectivity index (χ3n) is 4.18. The van der Waals surface area contributed by atoms with Gasteiger partial charge in [0.15, 0.2) is 0 Å². The van der Waals surface area contributed by atoms with Crippen molar-refractivity contribution in [3.63, 3.8) is 0 Å². The van der Waals surface area contributed by atoms with Crippen LogP contribution >= 0.6 is 0 Å². The van der Waals surface area contributed by atoms with Crippen molar-refractivity contribution in [1.82, 2.24) is 10.2 Å². The minimum Gasteiger partial charge on any atom is -0.314 e. The van der Waals surface area contributed by atoms with Crippen LogP contribution in [0.25, 0.3) is 0 Å². The molecule has 1 saturated heterocycles. The molecule has 1 heterocycles. The topological polar surface area (TPSA) is 15.3 Å². The molecule has 3 unspecified atom stereocenters. The number of nitrogens with one attached hydrogen (secondary N) is 1. The van der Waals surface area contributed by atoms with Crippen LogP contribution in [0.2, 0.25) is 0 Å². The van der Waals surface area contributed by atoms with Gasteiger partial charge in [-0.15, -0.1) is 0 Å². The summed E-state index contributed by atoms with van der Waals surface area (Å²) in [6.45, 7) is 9.76. The second-order valence-electron chi connectivity index (χ2n) is 5.69. The summed E-state index contributed by atoms with van der Waals surface area (Å²) in [5.74, 6) is 1.95. The zero-order valence-electron chi connectivity index (χ0n) is 10.3. The van der Waals surface area contributed by atoms with E-state index in [1.54, 1.807) is 0 Å². The molecule has 0 radical (unpaired) electrons. The van der Waals surface area contributed by atoms with Crippen molar-refractivity contribution >= 4 is 0 Å². The van der Waals surface area contributed by atoms with Gasteiger partial charge in [-0.3, -0.25) is 4.90 Å². The lowest BCUT2D eigenvalue weighted by atomic mass is 9.82. The highest BCUT2D eigenvalue weighted by molar-refractivity contribution is 4.80. The summed E-state index contributed by atoms with van der Waals surface area (Å²) in [7, 11) is 0. The number of hydrogen-bond acceptors (Lipinski definition) is 2. The van der Waals surface area contributed by atoms with Crippen LogP contribution in [0.4, 0.5) is 0 Å². The molecular formula is C13H26N2. The smallest absolute Gasteiger partial charge is 0.0193 e. The van der Waals surface area contributed by atoms with Gasteiger partial charge in [0.25, 0.3) is 0 Å².